The van der Waals surface area contributed by atoms with Gasteiger partial charge in [-0.15, -0.1) is 0 Å². The van der Waals surface area contributed by atoms with Crippen molar-refractivity contribution < 1.29 is 13.2 Å². The summed E-state index contributed by atoms with van der Waals surface area (Å²) < 4.78 is 26.4. The zero-order chi connectivity index (χ0) is 13.8. The molecule has 3 unspecified atom stereocenters. The van der Waals surface area contributed by atoms with Gasteiger partial charge in [0.25, 0.3) is 0 Å². The second-order valence-corrected chi connectivity index (χ2v) is 7.29. The van der Waals surface area contributed by atoms with E-state index in [1.54, 1.807) is 24.3 Å². The van der Waals surface area contributed by atoms with E-state index in [4.69, 9.17) is 5.73 Å². The Balaban J connectivity index is 1.96. The number of amides is 1. The molecular formula is C13H16N2O3S. The van der Waals surface area contributed by atoms with Gasteiger partial charge in [-0.2, -0.15) is 4.31 Å². The van der Waals surface area contributed by atoms with Crippen LogP contribution in [0.2, 0.25) is 0 Å². The third kappa shape index (κ3) is 1.95. The number of carbonyl (C=O) groups is 1. The van der Waals surface area contributed by atoms with E-state index in [1.165, 1.54) is 4.31 Å². The van der Waals surface area contributed by atoms with Crippen LogP contribution < -0.4 is 5.73 Å². The molecule has 1 aromatic carbocycles. The summed E-state index contributed by atoms with van der Waals surface area (Å²) in [5.41, 5.74) is 6.35. The molecule has 3 rings (SSSR count). The first-order valence-electron chi connectivity index (χ1n) is 6.29. The second-order valence-electron chi connectivity index (χ2n) is 5.39. The van der Waals surface area contributed by atoms with Crippen LogP contribution in [0.1, 0.15) is 12.0 Å². The molecule has 2 fully saturated rings. The van der Waals surface area contributed by atoms with Crippen molar-refractivity contribution in [2.75, 3.05) is 6.54 Å². The Kier molecular flexibility index (Phi) is 2.69. The van der Waals surface area contributed by atoms with Crippen LogP contribution in [-0.2, 0) is 14.8 Å². The van der Waals surface area contributed by atoms with Crippen molar-refractivity contribution in [3.63, 3.8) is 0 Å². The summed E-state index contributed by atoms with van der Waals surface area (Å²) in [6.07, 6.45) is 0.910. The smallest absolute Gasteiger partial charge is 0.243 e. The first-order valence-corrected chi connectivity index (χ1v) is 7.73. The zero-order valence-corrected chi connectivity index (χ0v) is 11.4. The van der Waals surface area contributed by atoms with Gasteiger partial charge in [-0.05, 0) is 37.3 Å². The summed E-state index contributed by atoms with van der Waals surface area (Å²) in [4.78, 5) is 11.7. The van der Waals surface area contributed by atoms with Crippen molar-refractivity contribution in [1.82, 2.24) is 4.31 Å². The fourth-order valence-electron chi connectivity index (χ4n) is 2.87. The highest BCUT2D eigenvalue weighted by Gasteiger charge is 2.58. The maximum absolute atomic E-state index is 12.5. The standard InChI is InChI=1S/C13H16N2O3S/c1-8-2-4-10(5-3-8)19(17,18)15-7-9-6-11(9)12(15)13(14)16/h2-5,9,11-12H,6-7H2,1H3,(H2,14,16). The molecule has 2 aliphatic rings. The van der Waals surface area contributed by atoms with Crippen LogP contribution in [0.3, 0.4) is 0 Å². The lowest BCUT2D eigenvalue weighted by Gasteiger charge is -2.24. The Labute approximate surface area is 112 Å². The molecular weight excluding hydrogens is 264 g/mol. The Bertz CT molecular complexity index is 624. The third-order valence-corrected chi connectivity index (χ3v) is 5.89. The van der Waals surface area contributed by atoms with E-state index in [0.717, 1.165) is 12.0 Å². The van der Waals surface area contributed by atoms with Crippen LogP contribution in [0, 0.1) is 18.8 Å². The summed E-state index contributed by atoms with van der Waals surface area (Å²) >= 11 is 0. The number of nitrogens with zero attached hydrogens (tertiary/aromatic N) is 1. The van der Waals surface area contributed by atoms with Crippen molar-refractivity contribution in [1.29, 1.82) is 0 Å². The molecule has 1 amide bonds. The molecule has 6 heteroatoms. The lowest BCUT2D eigenvalue weighted by Crippen LogP contribution is -2.46. The number of fused-ring (bicyclic) bond motifs is 1. The summed E-state index contributed by atoms with van der Waals surface area (Å²) in [6, 6.07) is 5.99. The number of rotatable bonds is 3. The van der Waals surface area contributed by atoms with Crippen molar-refractivity contribution in [2.45, 2.75) is 24.3 Å². The summed E-state index contributed by atoms with van der Waals surface area (Å²) in [6.45, 7) is 2.31. The highest BCUT2D eigenvalue weighted by atomic mass is 32.2. The van der Waals surface area contributed by atoms with Crippen LogP contribution in [0.5, 0.6) is 0 Å². The average Bonchev–Trinajstić information content (AvgIpc) is 2.99. The van der Waals surface area contributed by atoms with E-state index in [2.05, 4.69) is 0 Å². The SMILES string of the molecule is Cc1ccc(S(=O)(=O)N2CC3CC3C2C(N)=O)cc1. The van der Waals surface area contributed by atoms with Crippen LogP contribution >= 0.6 is 0 Å². The first kappa shape index (κ1) is 12.6. The van der Waals surface area contributed by atoms with Crippen molar-refractivity contribution in [3.8, 4) is 0 Å². The zero-order valence-electron chi connectivity index (χ0n) is 10.6. The van der Waals surface area contributed by atoms with E-state index in [9.17, 15) is 13.2 Å². The van der Waals surface area contributed by atoms with Crippen molar-refractivity contribution in [3.05, 3.63) is 29.8 Å². The van der Waals surface area contributed by atoms with Gasteiger partial charge in [-0.3, -0.25) is 4.79 Å². The number of primary amides is 1. The number of hydrogen-bond acceptors (Lipinski definition) is 3. The predicted octanol–water partition coefficient (Wildman–Crippen LogP) is 0.489. The lowest BCUT2D eigenvalue weighted by atomic mass is 10.2. The molecule has 1 aromatic rings. The Morgan fingerprint density at radius 2 is 1.95 bits per heavy atom. The topological polar surface area (TPSA) is 80.5 Å². The lowest BCUT2D eigenvalue weighted by molar-refractivity contribution is -0.121. The summed E-state index contributed by atoms with van der Waals surface area (Å²) in [5.74, 6) is -0.115. The van der Waals surface area contributed by atoms with Crippen LogP contribution in [0.25, 0.3) is 0 Å². The molecule has 0 spiro atoms. The monoisotopic (exact) mass is 280 g/mol. The van der Waals surface area contributed by atoms with Gasteiger partial charge in [-0.25, -0.2) is 8.42 Å². The summed E-state index contributed by atoms with van der Waals surface area (Å²) in [7, 11) is -3.62. The number of aryl methyl sites for hydroxylation is 1. The Morgan fingerprint density at radius 1 is 1.32 bits per heavy atom. The number of carbonyl (C=O) groups excluding carboxylic acids is 1. The Hall–Kier alpha value is -1.40. The van der Waals surface area contributed by atoms with Crippen molar-refractivity contribution >= 4 is 15.9 Å². The fourth-order valence-corrected chi connectivity index (χ4v) is 4.57. The van der Waals surface area contributed by atoms with E-state index >= 15 is 0 Å². The molecule has 1 saturated heterocycles. The van der Waals surface area contributed by atoms with E-state index in [0.29, 0.717) is 12.5 Å². The van der Waals surface area contributed by atoms with Gasteiger partial charge in [0.2, 0.25) is 15.9 Å². The minimum absolute atomic E-state index is 0.123. The van der Waals surface area contributed by atoms with Gasteiger partial charge in [0.15, 0.2) is 0 Å². The van der Waals surface area contributed by atoms with Gasteiger partial charge >= 0.3 is 0 Å². The van der Waals surface area contributed by atoms with Gasteiger partial charge in [0, 0.05) is 6.54 Å². The number of sulfonamides is 1. The van der Waals surface area contributed by atoms with Gasteiger partial charge in [-0.1, -0.05) is 17.7 Å². The molecule has 0 radical (unpaired) electrons. The summed E-state index contributed by atoms with van der Waals surface area (Å²) in [5, 5.41) is 0. The van der Waals surface area contributed by atoms with Crippen LogP contribution in [0.15, 0.2) is 29.2 Å². The quantitative estimate of drug-likeness (QED) is 0.875. The molecule has 3 atom stereocenters. The number of piperidine rings is 1. The molecule has 1 aliphatic carbocycles. The fraction of sp³-hybridized carbons (Fsp3) is 0.462. The Morgan fingerprint density at radius 3 is 2.53 bits per heavy atom. The molecule has 0 bridgehead atoms. The minimum atomic E-state index is -3.62. The van der Waals surface area contributed by atoms with E-state index in [1.807, 2.05) is 6.92 Å². The average molecular weight is 280 g/mol. The van der Waals surface area contributed by atoms with Gasteiger partial charge in [0.1, 0.15) is 6.04 Å². The number of nitrogens with two attached hydrogens (primary N) is 1. The molecule has 19 heavy (non-hydrogen) atoms. The molecule has 1 aliphatic heterocycles. The molecule has 1 heterocycles. The molecule has 0 aromatic heterocycles. The van der Waals surface area contributed by atoms with Crippen LogP contribution in [-0.4, -0.2) is 31.2 Å². The normalized spacial score (nSPS) is 30.1. The first-order chi connectivity index (χ1) is 8.91. The predicted molar refractivity (Wildman–Crippen MR) is 69.7 cm³/mol. The maximum atomic E-state index is 12.5. The molecule has 1 saturated carbocycles. The third-order valence-electron chi connectivity index (χ3n) is 4.03. The number of hydrogen-bond donors (Lipinski definition) is 1. The maximum Gasteiger partial charge on any atom is 0.243 e. The van der Waals surface area contributed by atoms with Gasteiger partial charge in [0.05, 0.1) is 4.90 Å². The largest absolute Gasteiger partial charge is 0.368 e. The minimum Gasteiger partial charge on any atom is -0.368 e. The molecule has 102 valence electrons. The highest BCUT2D eigenvalue weighted by molar-refractivity contribution is 7.89. The molecule has 2 N–H and O–H groups in total. The van der Waals surface area contributed by atoms with E-state index in [-0.39, 0.29) is 10.8 Å². The van der Waals surface area contributed by atoms with Crippen LogP contribution in [0.4, 0.5) is 0 Å². The molecule has 5 nitrogen and oxygen atoms in total. The van der Waals surface area contributed by atoms with Crippen molar-refractivity contribution in [2.24, 2.45) is 17.6 Å². The highest BCUT2D eigenvalue weighted by Crippen LogP contribution is 2.50. The van der Waals surface area contributed by atoms with E-state index < -0.39 is 22.0 Å². The van der Waals surface area contributed by atoms with Gasteiger partial charge < -0.3 is 5.73 Å². The second kappa shape index (κ2) is 4.05. The number of benzene rings is 1.